The number of carbonyl (C=O) groups is 1. The Kier molecular flexibility index (Phi) is 8.29. The number of carbonyl (C=O) groups excluding carboxylic acids is 1. The van der Waals surface area contributed by atoms with Gasteiger partial charge in [0, 0.05) is 29.0 Å². The summed E-state index contributed by atoms with van der Waals surface area (Å²) in [5.41, 5.74) is -1.30. The van der Waals surface area contributed by atoms with Gasteiger partial charge < -0.3 is 20.4 Å². The number of anilines is 1. The van der Waals surface area contributed by atoms with E-state index < -0.39 is 51.3 Å². The quantitative estimate of drug-likeness (QED) is 0.248. The van der Waals surface area contributed by atoms with E-state index in [-0.39, 0.29) is 5.69 Å². The van der Waals surface area contributed by atoms with Crippen molar-refractivity contribution in [2.24, 2.45) is 10.2 Å². The number of hydrogen-bond donors (Lipinski definition) is 4. The summed E-state index contributed by atoms with van der Waals surface area (Å²) in [6.07, 6.45) is -1.38. The van der Waals surface area contributed by atoms with E-state index in [4.69, 9.17) is 0 Å². The van der Waals surface area contributed by atoms with Crippen molar-refractivity contribution in [1.29, 1.82) is 0 Å². The lowest BCUT2D eigenvalue weighted by Crippen LogP contribution is -2.14. The molecule has 0 radical (unpaired) electrons. The minimum Gasteiger partial charge on any atom is -0.510 e. The van der Waals surface area contributed by atoms with Crippen LogP contribution in [-0.4, -0.2) is 37.7 Å². The second kappa shape index (κ2) is 10.7. The number of amides is 1. The molecule has 0 saturated carbocycles. The van der Waals surface area contributed by atoms with Crippen LogP contribution in [-0.2, 0) is 21.8 Å². The van der Waals surface area contributed by atoms with E-state index in [2.05, 4.69) is 25.5 Å². The number of aliphatic hydroxyl groups is 1. The highest BCUT2D eigenvalue weighted by molar-refractivity contribution is 7.83. The standard InChI is InChI=1S/C18H14F3N5O3.C2H6OS/c1-9(27)15(26-25-12-5-3-2-4-11(12)18(19,20)21)16(28)22-10-6-7-13-14(8-10)24-17(29)23-13;1-4(2)3/h2-8,27H,1H3,(H,22,28)(H2,23,24,29);1-2H3/b15-9+,26-25?;. The molecule has 0 aliphatic rings. The maximum Gasteiger partial charge on any atom is 0.418 e. The zero-order chi connectivity index (χ0) is 24.8. The van der Waals surface area contributed by atoms with Crippen LogP contribution in [0.4, 0.5) is 24.5 Å². The summed E-state index contributed by atoms with van der Waals surface area (Å²) in [6, 6.07) is 8.95. The van der Waals surface area contributed by atoms with Crippen LogP contribution in [0.15, 0.2) is 68.9 Å². The van der Waals surface area contributed by atoms with Crippen LogP contribution in [0.3, 0.4) is 0 Å². The van der Waals surface area contributed by atoms with Crippen molar-refractivity contribution in [3.05, 3.63) is 70.0 Å². The Morgan fingerprint density at radius 2 is 1.70 bits per heavy atom. The van der Waals surface area contributed by atoms with Crippen molar-refractivity contribution in [2.45, 2.75) is 13.1 Å². The summed E-state index contributed by atoms with van der Waals surface area (Å²) in [7, 11) is -0.611. The molecular formula is C20H20F3N5O4S. The molecule has 0 spiro atoms. The van der Waals surface area contributed by atoms with Crippen LogP contribution in [0.1, 0.15) is 12.5 Å². The van der Waals surface area contributed by atoms with E-state index in [0.29, 0.717) is 11.0 Å². The number of alkyl halides is 3. The Hall–Kier alpha value is -3.74. The number of fused-ring (bicyclic) bond motifs is 1. The first kappa shape index (κ1) is 25.5. The van der Waals surface area contributed by atoms with E-state index in [1.807, 2.05) is 0 Å². The molecule has 1 aromatic heterocycles. The Bertz CT molecular complexity index is 1290. The smallest absolute Gasteiger partial charge is 0.418 e. The summed E-state index contributed by atoms with van der Waals surface area (Å²) in [4.78, 5) is 28.8. The van der Waals surface area contributed by atoms with Crippen LogP contribution >= 0.6 is 0 Å². The fraction of sp³-hybridized carbons (Fsp3) is 0.200. The minimum absolute atomic E-state index is 0.266. The number of H-pyrrole nitrogens is 2. The van der Waals surface area contributed by atoms with Crippen molar-refractivity contribution in [2.75, 3.05) is 17.8 Å². The number of halogens is 3. The van der Waals surface area contributed by atoms with Gasteiger partial charge in [-0.25, -0.2) is 4.79 Å². The van der Waals surface area contributed by atoms with Crippen molar-refractivity contribution >= 4 is 39.1 Å². The first-order valence-electron chi connectivity index (χ1n) is 9.14. The molecule has 2 aromatic carbocycles. The summed E-state index contributed by atoms with van der Waals surface area (Å²) in [5.74, 6) is -1.43. The van der Waals surface area contributed by atoms with E-state index in [1.54, 1.807) is 18.6 Å². The number of aromatic amines is 2. The molecule has 9 nitrogen and oxygen atoms in total. The third kappa shape index (κ3) is 7.42. The minimum atomic E-state index is -4.65. The predicted octanol–water partition coefficient (Wildman–Crippen LogP) is 4.38. The normalized spacial score (nSPS) is 12.5. The summed E-state index contributed by atoms with van der Waals surface area (Å²) >= 11 is 0. The molecule has 0 aliphatic carbocycles. The Balaban J connectivity index is 0.000000890. The largest absolute Gasteiger partial charge is 0.510 e. The Morgan fingerprint density at radius 1 is 1.09 bits per heavy atom. The monoisotopic (exact) mass is 483 g/mol. The van der Waals surface area contributed by atoms with Gasteiger partial charge in [-0.3, -0.25) is 9.00 Å². The predicted molar refractivity (Wildman–Crippen MR) is 119 cm³/mol. The average Bonchev–Trinajstić information content (AvgIpc) is 3.06. The number of nitrogens with one attached hydrogen (secondary N) is 3. The first-order chi connectivity index (χ1) is 15.4. The van der Waals surface area contributed by atoms with Gasteiger partial charge in [0.05, 0.1) is 22.3 Å². The number of benzene rings is 2. The SMILES string of the molecule is C/C(O)=C(\N=Nc1ccccc1C(F)(F)F)C(=O)Nc1ccc2[nH]c(=O)[nH]c2c1.CS(C)=O. The maximum atomic E-state index is 13.0. The molecule has 3 rings (SSSR count). The zero-order valence-electron chi connectivity index (χ0n) is 17.6. The second-order valence-electron chi connectivity index (χ2n) is 6.68. The first-order valence-corrected chi connectivity index (χ1v) is 11.1. The lowest BCUT2D eigenvalue weighted by molar-refractivity contribution is -0.137. The van der Waals surface area contributed by atoms with E-state index in [0.717, 1.165) is 19.1 Å². The molecule has 0 unspecified atom stereocenters. The molecule has 4 N–H and O–H groups in total. The molecule has 33 heavy (non-hydrogen) atoms. The summed E-state index contributed by atoms with van der Waals surface area (Å²) < 4.78 is 48.7. The number of rotatable bonds is 4. The van der Waals surface area contributed by atoms with Crippen LogP contribution in [0.5, 0.6) is 0 Å². The van der Waals surface area contributed by atoms with Crippen LogP contribution < -0.4 is 11.0 Å². The van der Waals surface area contributed by atoms with E-state index in [1.165, 1.54) is 24.3 Å². The number of hydrogen-bond acceptors (Lipinski definition) is 6. The van der Waals surface area contributed by atoms with Gasteiger partial charge in [0.25, 0.3) is 5.91 Å². The topological polar surface area (TPSA) is 140 Å². The van der Waals surface area contributed by atoms with E-state index in [9.17, 15) is 32.1 Å². The van der Waals surface area contributed by atoms with Crippen LogP contribution in [0.2, 0.25) is 0 Å². The fourth-order valence-corrected chi connectivity index (χ4v) is 2.49. The number of allylic oxidation sites excluding steroid dienone is 1. The molecule has 13 heteroatoms. The van der Waals surface area contributed by atoms with Crippen molar-refractivity contribution in [3.8, 4) is 0 Å². The number of aliphatic hydroxyl groups excluding tert-OH is 1. The maximum absolute atomic E-state index is 13.0. The van der Waals surface area contributed by atoms with Crippen LogP contribution in [0.25, 0.3) is 11.0 Å². The second-order valence-corrected chi connectivity index (χ2v) is 8.17. The third-order valence-electron chi connectivity index (χ3n) is 3.80. The molecule has 0 fully saturated rings. The summed E-state index contributed by atoms with van der Waals surface area (Å²) in [6.45, 7) is 1.15. The van der Waals surface area contributed by atoms with Gasteiger partial charge in [-0.05, 0) is 37.3 Å². The average molecular weight is 483 g/mol. The van der Waals surface area contributed by atoms with Gasteiger partial charge in [-0.1, -0.05) is 12.1 Å². The Labute approximate surface area is 187 Å². The molecule has 1 heterocycles. The van der Waals surface area contributed by atoms with Crippen molar-refractivity contribution in [1.82, 2.24) is 9.97 Å². The number of imidazole rings is 1. The van der Waals surface area contributed by atoms with Gasteiger partial charge in [0.2, 0.25) is 0 Å². The lowest BCUT2D eigenvalue weighted by Gasteiger charge is -2.09. The molecule has 0 saturated heterocycles. The molecule has 176 valence electrons. The van der Waals surface area contributed by atoms with E-state index >= 15 is 0 Å². The highest BCUT2D eigenvalue weighted by Crippen LogP contribution is 2.36. The van der Waals surface area contributed by atoms with Crippen molar-refractivity contribution < 1.29 is 27.3 Å². The lowest BCUT2D eigenvalue weighted by atomic mass is 10.2. The third-order valence-corrected chi connectivity index (χ3v) is 3.80. The van der Waals surface area contributed by atoms with Gasteiger partial charge in [-0.2, -0.15) is 13.2 Å². The molecule has 0 bridgehead atoms. The fourth-order valence-electron chi connectivity index (χ4n) is 2.49. The number of azo groups is 1. The highest BCUT2D eigenvalue weighted by atomic mass is 32.2. The molecule has 3 aromatic rings. The molecule has 0 atom stereocenters. The highest BCUT2D eigenvalue weighted by Gasteiger charge is 2.33. The number of aromatic nitrogens is 2. The van der Waals surface area contributed by atoms with Crippen LogP contribution in [0, 0.1) is 0 Å². The van der Waals surface area contributed by atoms with Crippen molar-refractivity contribution in [3.63, 3.8) is 0 Å². The molecule has 1 amide bonds. The zero-order valence-corrected chi connectivity index (χ0v) is 18.5. The van der Waals surface area contributed by atoms with Gasteiger partial charge in [-0.15, -0.1) is 10.2 Å². The molecular weight excluding hydrogens is 463 g/mol. The van der Waals surface area contributed by atoms with Gasteiger partial charge in [0.15, 0.2) is 5.70 Å². The molecule has 0 aliphatic heterocycles. The summed E-state index contributed by atoms with van der Waals surface area (Å²) in [5, 5.41) is 19.2. The van der Waals surface area contributed by atoms with Gasteiger partial charge in [0.1, 0.15) is 5.76 Å². The van der Waals surface area contributed by atoms with Gasteiger partial charge >= 0.3 is 11.9 Å². The number of nitrogens with zero attached hydrogens (tertiary/aromatic N) is 2. The Morgan fingerprint density at radius 3 is 2.30 bits per heavy atom.